The van der Waals surface area contributed by atoms with Gasteiger partial charge in [-0.25, -0.2) is 4.39 Å². The summed E-state index contributed by atoms with van der Waals surface area (Å²) in [6.45, 7) is 3.18. The molecule has 0 aliphatic heterocycles. The minimum atomic E-state index is -0.228. The van der Waals surface area contributed by atoms with Crippen molar-refractivity contribution in [1.82, 2.24) is 5.32 Å². The fourth-order valence-electron chi connectivity index (χ4n) is 2.91. The molecule has 24 heavy (non-hydrogen) atoms. The zero-order valence-corrected chi connectivity index (χ0v) is 13.8. The van der Waals surface area contributed by atoms with Crippen LogP contribution in [0.1, 0.15) is 30.9 Å². The van der Waals surface area contributed by atoms with E-state index in [4.69, 9.17) is 4.74 Å². The van der Waals surface area contributed by atoms with Crippen molar-refractivity contribution in [2.75, 3.05) is 13.2 Å². The van der Waals surface area contributed by atoms with E-state index >= 15 is 0 Å². The largest absolute Gasteiger partial charge is 0.494 e. The van der Waals surface area contributed by atoms with Crippen LogP contribution in [0.25, 0.3) is 0 Å². The molecule has 1 saturated carbocycles. The van der Waals surface area contributed by atoms with E-state index < -0.39 is 0 Å². The molecule has 0 bridgehead atoms. The van der Waals surface area contributed by atoms with Crippen molar-refractivity contribution in [2.24, 2.45) is 0 Å². The van der Waals surface area contributed by atoms with Gasteiger partial charge >= 0.3 is 0 Å². The maximum Gasteiger partial charge on any atom is 0.224 e. The third-order valence-corrected chi connectivity index (χ3v) is 4.53. The summed E-state index contributed by atoms with van der Waals surface area (Å²) in [6.07, 6.45) is 2.41. The molecule has 1 N–H and O–H groups in total. The number of carbonyl (C=O) groups is 1. The summed E-state index contributed by atoms with van der Waals surface area (Å²) in [4.78, 5) is 12.2. The molecule has 2 aromatic rings. The van der Waals surface area contributed by atoms with Crippen LogP contribution in [-0.2, 0) is 16.6 Å². The Kier molecular flexibility index (Phi) is 4.84. The van der Waals surface area contributed by atoms with Crippen molar-refractivity contribution in [2.45, 2.75) is 31.6 Å². The molecule has 0 unspecified atom stereocenters. The van der Waals surface area contributed by atoms with E-state index in [-0.39, 0.29) is 17.1 Å². The highest BCUT2D eigenvalue weighted by Crippen LogP contribution is 2.47. The average Bonchev–Trinajstić information content (AvgIpc) is 3.37. The van der Waals surface area contributed by atoms with Crippen molar-refractivity contribution in [3.63, 3.8) is 0 Å². The topological polar surface area (TPSA) is 38.3 Å². The number of ether oxygens (including phenoxy) is 1. The van der Waals surface area contributed by atoms with Crippen LogP contribution in [0.3, 0.4) is 0 Å². The number of amides is 1. The second kappa shape index (κ2) is 7.04. The number of carbonyl (C=O) groups excluding carboxylic acids is 1. The first-order valence-electron chi connectivity index (χ1n) is 8.36. The maximum atomic E-state index is 13.0. The number of rotatable bonds is 7. The van der Waals surface area contributed by atoms with Crippen LogP contribution in [0.4, 0.5) is 4.39 Å². The Labute approximate surface area is 141 Å². The lowest BCUT2D eigenvalue weighted by atomic mass is 9.96. The van der Waals surface area contributed by atoms with Gasteiger partial charge in [-0.15, -0.1) is 0 Å². The number of halogens is 1. The van der Waals surface area contributed by atoms with Crippen molar-refractivity contribution in [3.05, 3.63) is 65.5 Å². The second-order valence-electron chi connectivity index (χ2n) is 6.32. The van der Waals surface area contributed by atoms with Crippen LogP contribution in [-0.4, -0.2) is 19.1 Å². The highest BCUT2D eigenvalue weighted by Gasteiger charge is 2.44. The monoisotopic (exact) mass is 327 g/mol. The van der Waals surface area contributed by atoms with Gasteiger partial charge in [0.1, 0.15) is 11.6 Å². The van der Waals surface area contributed by atoms with Crippen LogP contribution in [0.5, 0.6) is 5.75 Å². The molecule has 4 heteroatoms. The van der Waals surface area contributed by atoms with Gasteiger partial charge < -0.3 is 10.1 Å². The lowest BCUT2D eigenvalue weighted by molar-refractivity contribution is -0.120. The summed E-state index contributed by atoms with van der Waals surface area (Å²) in [5.74, 6) is 0.594. The first kappa shape index (κ1) is 16.5. The standard InChI is InChI=1S/C20H22FNO2/c1-2-24-18-9-3-15(4-10-18)13-19(23)22-14-20(11-12-20)16-5-7-17(21)8-6-16/h3-10H,2,11-14H2,1H3,(H,22,23). The van der Waals surface area contributed by atoms with Gasteiger partial charge in [0, 0.05) is 12.0 Å². The maximum absolute atomic E-state index is 13.0. The first-order valence-corrected chi connectivity index (χ1v) is 8.36. The predicted octanol–water partition coefficient (Wildman–Crippen LogP) is 3.61. The molecule has 0 saturated heterocycles. The lowest BCUT2D eigenvalue weighted by Gasteiger charge is -2.16. The van der Waals surface area contributed by atoms with Crippen LogP contribution < -0.4 is 10.1 Å². The van der Waals surface area contributed by atoms with Gasteiger partial charge in [0.15, 0.2) is 0 Å². The van der Waals surface area contributed by atoms with Gasteiger partial charge in [-0.2, -0.15) is 0 Å². The van der Waals surface area contributed by atoms with Crippen molar-refractivity contribution >= 4 is 5.91 Å². The Bertz CT molecular complexity index is 691. The van der Waals surface area contributed by atoms with E-state index in [1.54, 1.807) is 0 Å². The molecule has 0 heterocycles. The molecule has 2 aromatic carbocycles. The van der Waals surface area contributed by atoms with Gasteiger partial charge in [0.2, 0.25) is 5.91 Å². The normalized spacial score (nSPS) is 14.9. The minimum Gasteiger partial charge on any atom is -0.494 e. The molecule has 1 amide bonds. The smallest absolute Gasteiger partial charge is 0.224 e. The summed E-state index contributed by atoms with van der Waals surface area (Å²) in [5, 5.41) is 3.02. The molecule has 3 nitrogen and oxygen atoms in total. The Morgan fingerprint density at radius 2 is 1.79 bits per heavy atom. The van der Waals surface area contributed by atoms with Crippen LogP contribution in [0.2, 0.25) is 0 Å². The molecule has 1 aliphatic rings. The fourth-order valence-corrected chi connectivity index (χ4v) is 2.91. The van der Waals surface area contributed by atoms with E-state index in [1.807, 2.05) is 43.3 Å². The minimum absolute atomic E-state index is 0.00699. The summed E-state index contributed by atoms with van der Waals surface area (Å²) < 4.78 is 18.4. The van der Waals surface area contributed by atoms with Gasteiger partial charge in [-0.1, -0.05) is 24.3 Å². The van der Waals surface area contributed by atoms with Crippen molar-refractivity contribution in [1.29, 1.82) is 0 Å². The number of benzene rings is 2. The van der Waals surface area contributed by atoms with Gasteiger partial charge in [0.05, 0.1) is 13.0 Å². The molecule has 1 fully saturated rings. The zero-order valence-electron chi connectivity index (χ0n) is 13.8. The number of nitrogens with one attached hydrogen (secondary N) is 1. The summed E-state index contributed by atoms with van der Waals surface area (Å²) in [7, 11) is 0. The summed E-state index contributed by atoms with van der Waals surface area (Å²) >= 11 is 0. The van der Waals surface area contributed by atoms with E-state index in [0.29, 0.717) is 19.6 Å². The van der Waals surface area contributed by atoms with Gasteiger partial charge in [-0.05, 0) is 55.2 Å². The molecule has 1 aliphatic carbocycles. The first-order chi connectivity index (χ1) is 11.6. The van der Waals surface area contributed by atoms with E-state index in [0.717, 1.165) is 29.7 Å². The molecule has 3 rings (SSSR count). The van der Waals surface area contributed by atoms with Gasteiger partial charge in [0.25, 0.3) is 0 Å². The third kappa shape index (κ3) is 3.94. The quantitative estimate of drug-likeness (QED) is 0.843. The van der Waals surface area contributed by atoms with E-state index in [2.05, 4.69) is 5.32 Å². The third-order valence-electron chi connectivity index (χ3n) is 4.53. The number of hydrogen-bond acceptors (Lipinski definition) is 2. The Hall–Kier alpha value is -2.36. The fraction of sp³-hybridized carbons (Fsp3) is 0.350. The van der Waals surface area contributed by atoms with Crippen LogP contribution in [0, 0.1) is 5.82 Å². The van der Waals surface area contributed by atoms with Crippen LogP contribution in [0.15, 0.2) is 48.5 Å². The van der Waals surface area contributed by atoms with Crippen molar-refractivity contribution < 1.29 is 13.9 Å². The van der Waals surface area contributed by atoms with Gasteiger partial charge in [-0.3, -0.25) is 4.79 Å². The molecular formula is C20H22FNO2. The Morgan fingerprint density at radius 1 is 1.12 bits per heavy atom. The Morgan fingerprint density at radius 3 is 2.38 bits per heavy atom. The average molecular weight is 327 g/mol. The number of hydrogen-bond donors (Lipinski definition) is 1. The lowest BCUT2D eigenvalue weighted by Crippen LogP contribution is -2.33. The zero-order chi connectivity index (χ0) is 17.0. The summed E-state index contributed by atoms with van der Waals surface area (Å²) in [6, 6.07) is 14.2. The predicted molar refractivity (Wildman–Crippen MR) is 91.6 cm³/mol. The highest BCUT2D eigenvalue weighted by atomic mass is 19.1. The molecule has 126 valence electrons. The molecular weight excluding hydrogens is 305 g/mol. The molecule has 0 aromatic heterocycles. The van der Waals surface area contributed by atoms with E-state index in [9.17, 15) is 9.18 Å². The van der Waals surface area contributed by atoms with Crippen molar-refractivity contribution in [3.8, 4) is 5.75 Å². The van der Waals surface area contributed by atoms with Crippen LogP contribution >= 0.6 is 0 Å². The highest BCUT2D eigenvalue weighted by molar-refractivity contribution is 5.78. The summed E-state index contributed by atoms with van der Waals surface area (Å²) in [5.41, 5.74) is 2.05. The second-order valence-corrected chi connectivity index (χ2v) is 6.32. The SMILES string of the molecule is CCOc1ccc(CC(=O)NCC2(c3ccc(F)cc3)CC2)cc1. The molecule has 0 radical (unpaired) electrons. The molecule has 0 spiro atoms. The Balaban J connectivity index is 1.53. The van der Waals surface area contributed by atoms with E-state index in [1.165, 1.54) is 12.1 Å². The molecule has 0 atom stereocenters.